The van der Waals surface area contributed by atoms with Crippen LogP contribution in [0.1, 0.15) is 49.4 Å². The number of nitrogens with zero attached hydrogens (tertiary/aromatic N) is 1. The predicted octanol–water partition coefficient (Wildman–Crippen LogP) is 2.69. The van der Waals surface area contributed by atoms with Crippen molar-refractivity contribution in [3.8, 4) is 11.5 Å². The number of amides is 1. The molecule has 7 nitrogen and oxygen atoms in total. The minimum Gasteiger partial charge on any atom is -0.504 e. The number of pyridine rings is 1. The van der Waals surface area contributed by atoms with Gasteiger partial charge in [-0.15, -0.1) is 0 Å². The number of carbonyl (C=O) groups is 1. The van der Waals surface area contributed by atoms with Crippen molar-refractivity contribution < 1.29 is 14.6 Å². The van der Waals surface area contributed by atoms with Crippen molar-refractivity contribution in [2.75, 3.05) is 26.7 Å². The highest BCUT2D eigenvalue weighted by atomic mass is 16.5. The number of piperidine rings is 1. The SMILES string of the molecule is COc1cc(C(NCCC2CCNCC2)C(=O)NC(C)c2ccncc2)ccc1O. The number of aromatic nitrogens is 1. The molecule has 0 bridgehead atoms. The molecule has 0 spiro atoms. The van der Waals surface area contributed by atoms with Crippen LogP contribution in [0.2, 0.25) is 0 Å². The molecule has 162 valence electrons. The van der Waals surface area contributed by atoms with Gasteiger partial charge in [0.25, 0.3) is 0 Å². The Kier molecular flexibility index (Phi) is 8.04. The maximum atomic E-state index is 13.2. The molecule has 1 aromatic carbocycles. The molecule has 30 heavy (non-hydrogen) atoms. The van der Waals surface area contributed by atoms with Gasteiger partial charge in [-0.3, -0.25) is 9.78 Å². The number of nitrogens with one attached hydrogen (secondary N) is 3. The lowest BCUT2D eigenvalue weighted by Crippen LogP contribution is -2.40. The molecule has 4 N–H and O–H groups in total. The van der Waals surface area contributed by atoms with Crippen molar-refractivity contribution in [1.82, 2.24) is 20.9 Å². The third kappa shape index (κ3) is 5.93. The van der Waals surface area contributed by atoms with Crippen LogP contribution in [0.5, 0.6) is 11.5 Å². The fraction of sp³-hybridized carbons (Fsp3) is 0.478. The number of ether oxygens (including phenoxy) is 1. The first-order valence-corrected chi connectivity index (χ1v) is 10.6. The average Bonchev–Trinajstić information content (AvgIpc) is 2.78. The number of rotatable bonds is 9. The number of methoxy groups -OCH3 is 1. The van der Waals surface area contributed by atoms with Crippen LogP contribution in [0.4, 0.5) is 0 Å². The average molecular weight is 413 g/mol. The molecular formula is C23H32N4O3. The number of carbonyl (C=O) groups excluding carboxylic acids is 1. The smallest absolute Gasteiger partial charge is 0.242 e. The first-order chi connectivity index (χ1) is 14.6. The van der Waals surface area contributed by atoms with E-state index in [-0.39, 0.29) is 17.7 Å². The van der Waals surface area contributed by atoms with E-state index in [2.05, 4.69) is 20.9 Å². The van der Waals surface area contributed by atoms with Crippen LogP contribution in [0, 0.1) is 5.92 Å². The number of aromatic hydroxyl groups is 1. The Balaban J connectivity index is 1.71. The zero-order valence-corrected chi connectivity index (χ0v) is 17.7. The summed E-state index contributed by atoms with van der Waals surface area (Å²) in [6, 6.07) is 8.15. The Labute approximate surface area is 178 Å². The van der Waals surface area contributed by atoms with Crippen LogP contribution in [-0.2, 0) is 4.79 Å². The van der Waals surface area contributed by atoms with Crippen molar-refractivity contribution in [3.05, 3.63) is 53.9 Å². The zero-order chi connectivity index (χ0) is 21.3. The summed E-state index contributed by atoms with van der Waals surface area (Å²) in [6.45, 7) is 4.83. The molecule has 7 heteroatoms. The number of hydrogen-bond donors (Lipinski definition) is 4. The van der Waals surface area contributed by atoms with Gasteiger partial charge in [-0.25, -0.2) is 0 Å². The van der Waals surface area contributed by atoms with E-state index in [1.807, 2.05) is 19.1 Å². The monoisotopic (exact) mass is 412 g/mol. The fourth-order valence-corrected chi connectivity index (χ4v) is 3.87. The highest BCUT2D eigenvalue weighted by Gasteiger charge is 2.24. The molecule has 1 saturated heterocycles. The maximum absolute atomic E-state index is 13.2. The lowest BCUT2D eigenvalue weighted by Gasteiger charge is -2.25. The highest BCUT2D eigenvalue weighted by molar-refractivity contribution is 5.83. The number of hydrogen-bond acceptors (Lipinski definition) is 6. The van der Waals surface area contributed by atoms with E-state index in [1.165, 1.54) is 20.0 Å². The molecule has 2 aromatic rings. The third-order valence-corrected chi connectivity index (χ3v) is 5.72. The summed E-state index contributed by atoms with van der Waals surface area (Å²) < 4.78 is 5.24. The lowest BCUT2D eigenvalue weighted by atomic mass is 9.94. The van der Waals surface area contributed by atoms with Gasteiger partial charge in [0.15, 0.2) is 11.5 Å². The Morgan fingerprint density at radius 3 is 2.67 bits per heavy atom. The van der Waals surface area contributed by atoms with Crippen LogP contribution < -0.4 is 20.7 Å². The van der Waals surface area contributed by atoms with Crippen LogP contribution >= 0.6 is 0 Å². The van der Waals surface area contributed by atoms with Gasteiger partial charge in [-0.05, 0) is 87.1 Å². The second-order valence-corrected chi connectivity index (χ2v) is 7.81. The molecule has 1 aromatic heterocycles. The second-order valence-electron chi connectivity index (χ2n) is 7.81. The number of benzene rings is 1. The molecule has 1 fully saturated rings. The van der Waals surface area contributed by atoms with Gasteiger partial charge < -0.3 is 25.8 Å². The van der Waals surface area contributed by atoms with E-state index in [0.717, 1.165) is 37.2 Å². The molecule has 1 aliphatic heterocycles. The van der Waals surface area contributed by atoms with E-state index in [0.29, 0.717) is 11.7 Å². The van der Waals surface area contributed by atoms with Crippen LogP contribution in [0.25, 0.3) is 0 Å². The van der Waals surface area contributed by atoms with Gasteiger partial charge >= 0.3 is 0 Å². The molecule has 1 aliphatic rings. The summed E-state index contributed by atoms with van der Waals surface area (Å²) in [6.07, 6.45) is 6.81. The van der Waals surface area contributed by atoms with Crippen molar-refractivity contribution in [1.29, 1.82) is 0 Å². The quantitative estimate of drug-likeness (QED) is 0.506. The predicted molar refractivity (Wildman–Crippen MR) is 116 cm³/mol. The van der Waals surface area contributed by atoms with Gasteiger partial charge in [0.1, 0.15) is 6.04 Å². The molecule has 0 radical (unpaired) electrons. The number of phenolic OH excluding ortho intramolecular Hbond substituents is 1. The lowest BCUT2D eigenvalue weighted by molar-refractivity contribution is -0.124. The van der Waals surface area contributed by atoms with Crippen molar-refractivity contribution >= 4 is 5.91 Å². The van der Waals surface area contributed by atoms with E-state index < -0.39 is 6.04 Å². The Bertz CT molecular complexity index is 809. The van der Waals surface area contributed by atoms with Crippen molar-refractivity contribution in [2.45, 2.75) is 38.3 Å². The summed E-state index contributed by atoms with van der Waals surface area (Å²) >= 11 is 0. The van der Waals surface area contributed by atoms with Crippen LogP contribution in [0.3, 0.4) is 0 Å². The Morgan fingerprint density at radius 2 is 1.97 bits per heavy atom. The third-order valence-electron chi connectivity index (χ3n) is 5.72. The van der Waals surface area contributed by atoms with Gasteiger partial charge in [-0.2, -0.15) is 0 Å². The topological polar surface area (TPSA) is 95.5 Å². The first kappa shape index (κ1) is 22.1. The summed E-state index contributed by atoms with van der Waals surface area (Å²) in [7, 11) is 1.50. The highest BCUT2D eigenvalue weighted by Crippen LogP contribution is 2.29. The summed E-state index contributed by atoms with van der Waals surface area (Å²) in [4.78, 5) is 17.2. The molecule has 1 amide bonds. The molecule has 2 unspecified atom stereocenters. The molecule has 0 saturated carbocycles. The van der Waals surface area contributed by atoms with E-state index in [9.17, 15) is 9.90 Å². The normalized spacial score (nSPS) is 16.6. The minimum atomic E-state index is -0.537. The van der Waals surface area contributed by atoms with E-state index >= 15 is 0 Å². The van der Waals surface area contributed by atoms with Crippen LogP contribution in [-0.4, -0.2) is 42.7 Å². The molecule has 2 atom stereocenters. The number of phenols is 1. The van der Waals surface area contributed by atoms with Gasteiger partial charge in [0, 0.05) is 12.4 Å². The standard InChI is InChI=1S/C23H32N4O3/c1-16(18-8-12-25-13-9-18)27-23(29)22(19-3-4-20(28)21(15-19)30-2)26-14-7-17-5-10-24-11-6-17/h3-4,8-9,12-13,15-17,22,24,26,28H,5-7,10-11,14H2,1-2H3,(H,27,29). The zero-order valence-electron chi connectivity index (χ0n) is 17.7. The van der Waals surface area contributed by atoms with Crippen molar-refractivity contribution in [3.63, 3.8) is 0 Å². The minimum absolute atomic E-state index is 0.0558. The largest absolute Gasteiger partial charge is 0.504 e. The summed E-state index contributed by atoms with van der Waals surface area (Å²) in [5.41, 5.74) is 1.75. The second kappa shape index (κ2) is 10.9. The summed E-state index contributed by atoms with van der Waals surface area (Å²) in [5, 5.41) is 19.8. The van der Waals surface area contributed by atoms with Gasteiger partial charge in [0.05, 0.1) is 13.2 Å². The molecule has 0 aliphatic carbocycles. The van der Waals surface area contributed by atoms with E-state index in [4.69, 9.17) is 4.74 Å². The van der Waals surface area contributed by atoms with Gasteiger partial charge in [-0.1, -0.05) is 6.07 Å². The Hall–Kier alpha value is -2.64. The molecule has 2 heterocycles. The molecule has 3 rings (SSSR count). The molecular weight excluding hydrogens is 380 g/mol. The Morgan fingerprint density at radius 1 is 1.23 bits per heavy atom. The van der Waals surface area contributed by atoms with Gasteiger partial charge in [0.2, 0.25) is 5.91 Å². The van der Waals surface area contributed by atoms with Crippen molar-refractivity contribution in [2.24, 2.45) is 5.92 Å². The first-order valence-electron chi connectivity index (χ1n) is 10.6. The van der Waals surface area contributed by atoms with Crippen LogP contribution in [0.15, 0.2) is 42.7 Å². The summed E-state index contributed by atoms with van der Waals surface area (Å²) in [5.74, 6) is 0.970. The fourth-order valence-electron chi connectivity index (χ4n) is 3.87. The van der Waals surface area contributed by atoms with E-state index in [1.54, 1.807) is 30.6 Å². The maximum Gasteiger partial charge on any atom is 0.242 e.